The molecule has 0 fully saturated rings. The van der Waals surface area contributed by atoms with Crippen molar-refractivity contribution in [2.24, 2.45) is 0 Å². The van der Waals surface area contributed by atoms with Gasteiger partial charge in [0.2, 0.25) is 0 Å². The third-order valence-electron chi connectivity index (χ3n) is 5.15. The Kier molecular flexibility index (Phi) is 6.12. The maximum absolute atomic E-state index is 14.2. The topological polar surface area (TPSA) is 46.5 Å². The van der Waals surface area contributed by atoms with Crippen LogP contribution in [0.3, 0.4) is 0 Å². The maximum atomic E-state index is 14.2. The summed E-state index contributed by atoms with van der Waals surface area (Å²) in [5, 5.41) is 9.25. The number of ether oxygens (including phenoxy) is 1. The second-order valence-electron chi connectivity index (χ2n) is 7.99. The first-order valence-corrected chi connectivity index (χ1v) is 9.90. The molecule has 0 saturated carbocycles. The molecular formula is C26H25FO3. The molecule has 154 valence electrons. The van der Waals surface area contributed by atoms with E-state index in [9.17, 15) is 14.3 Å². The summed E-state index contributed by atoms with van der Waals surface area (Å²) >= 11 is 0. The molecule has 3 rings (SSSR count). The number of benzene rings is 2. The molecule has 0 aromatic heterocycles. The molecular weight excluding hydrogens is 379 g/mol. The lowest BCUT2D eigenvalue weighted by molar-refractivity contribution is -0.136. The molecule has 0 atom stereocenters. The van der Waals surface area contributed by atoms with Crippen molar-refractivity contribution in [1.29, 1.82) is 0 Å². The number of hydrogen-bond acceptors (Lipinski definition) is 3. The van der Waals surface area contributed by atoms with Gasteiger partial charge in [-0.3, -0.25) is 0 Å². The second kappa shape index (κ2) is 8.59. The molecule has 1 aliphatic rings. The fourth-order valence-electron chi connectivity index (χ4n) is 3.53. The van der Waals surface area contributed by atoms with Crippen molar-refractivity contribution >= 4 is 11.5 Å². The number of allylic oxidation sites excluding steroid dienone is 2. The number of aliphatic hydroxyl groups is 1. The Bertz CT molecular complexity index is 1100. The molecule has 2 aromatic carbocycles. The molecule has 1 N–H and O–H groups in total. The number of esters is 1. The minimum Gasteiger partial charge on any atom is -0.513 e. The Morgan fingerprint density at radius 1 is 1.20 bits per heavy atom. The summed E-state index contributed by atoms with van der Waals surface area (Å²) in [6, 6.07) is 10.4. The van der Waals surface area contributed by atoms with Crippen molar-refractivity contribution in [2.75, 3.05) is 6.61 Å². The molecule has 30 heavy (non-hydrogen) atoms. The molecule has 1 aliphatic carbocycles. The highest BCUT2D eigenvalue weighted by Crippen LogP contribution is 2.39. The minimum absolute atomic E-state index is 0.0791. The Morgan fingerprint density at radius 2 is 1.87 bits per heavy atom. The van der Waals surface area contributed by atoms with Crippen LogP contribution in [-0.4, -0.2) is 17.7 Å². The highest BCUT2D eigenvalue weighted by Gasteiger charge is 2.31. The van der Waals surface area contributed by atoms with Gasteiger partial charge >= 0.3 is 5.97 Å². The van der Waals surface area contributed by atoms with Gasteiger partial charge in [0.05, 0.1) is 17.9 Å². The quantitative estimate of drug-likeness (QED) is 0.418. The number of halogens is 1. The summed E-state index contributed by atoms with van der Waals surface area (Å²) in [6.45, 7) is 9.78. The lowest BCUT2D eigenvalue weighted by atomic mass is 9.73. The summed E-state index contributed by atoms with van der Waals surface area (Å²) < 4.78 is 19.4. The van der Waals surface area contributed by atoms with Gasteiger partial charge in [-0.05, 0) is 59.7 Å². The number of aliphatic hydroxyl groups excluding tert-OH is 1. The van der Waals surface area contributed by atoms with Crippen LogP contribution in [-0.2, 0) is 21.4 Å². The van der Waals surface area contributed by atoms with E-state index in [2.05, 4.69) is 32.3 Å². The fraction of sp³-hybridized carbons (Fsp3) is 0.269. The van der Waals surface area contributed by atoms with E-state index < -0.39 is 5.82 Å². The van der Waals surface area contributed by atoms with Crippen LogP contribution in [0.25, 0.3) is 5.57 Å². The van der Waals surface area contributed by atoms with E-state index in [1.165, 1.54) is 6.07 Å². The Balaban J connectivity index is 1.92. The Hall–Kier alpha value is -3.32. The van der Waals surface area contributed by atoms with Crippen molar-refractivity contribution in [3.05, 3.63) is 88.4 Å². The van der Waals surface area contributed by atoms with E-state index in [4.69, 9.17) is 4.74 Å². The SMILES string of the molecule is C=C(O)Cc1ccc(C#Cc2ccc3c(c2)C(C)(C)CC=C3C(=O)OCC)cc1F. The van der Waals surface area contributed by atoms with Gasteiger partial charge in [-0.25, -0.2) is 9.18 Å². The summed E-state index contributed by atoms with van der Waals surface area (Å²) in [7, 11) is 0. The number of rotatable bonds is 4. The van der Waals surface area contributed by atoms with Crippen LogP contribution >= 0.6 is 0 Å². The monoisotopic (exact) mass is 404 g/mol. The third-order valence-corrected chi connectivity index (χ3v) is 5.15. The molecule has 0 radical (unpaired) electrons. The second-order valence-corrected chi connectivity index (χ2v) is 7.99. The average Bonchev–Trinajstić information content (AvgIpc) is 2.68. The van der Waals surface area contributed by atoms with E-state index in [0.717, 1.165) is 23.1 Å². The molecule has 0 bridgehead atoms. The number of fused-ring (bicyclic) bond motifs is 1. The Labute approximate surface area is 176 Å². The molecule has 0 heterocycles. The zero-order chi connectivity index (χ0) is 21.9. The molecule has 0 spiro atoms. The lowest BCUT2D eigenvalue weighted by Crippen LogP contribution is -2.24. The molecule has 3 nitrogen and oxygen atoms in total. The van der Waals surface area contributed by atoms with E-state index in [1.807, 2.05) is 24.3 Å². The third kappa shape index (κ3) is 4.63. The van der Waals surface area contributed by atoms with Crippen molar-refractivity contribution in [2.45, 2.75) is 39.0 Å². The average molecular weight is 404 g/mol. The van der Waals surface area contributed by atoms with E-state index >= 15 is 0 Å². The first-order valence-electron chi connectivity index (χ1n) is 9.90. The molecule has 0 amide bonds. The first kappa shape index (κ1) is 21.4. The van der Waals surface area contributed by atoms with Gasteiger partial charge in [0, 0.05) is 17.5 Å². The summed E-state index contributed by atoms with van der Waals surface area (Å²) in [6.07, 6.45) is 2.75. The van der Waals surface area contributed by atoms with Gasteiger partial charge < -0.3 is 9.84 Å². The van der Waals surface area contributed by atoms with Crippen LogP contribution in [0.5, 0.6) is 0 Å². The van der Waals surface area contributed by atoms with Crippen molar-refractivity contribution < 1.29 is 19.0 Å². The number of carbonyl (C=O) groups is 1. The largest absolute Gasteiger partial charge is 0.513 e. The zero-order valence-electron chi connectivity index (χ0n) is 17.5. The first-order chi connectivity index (χ1) is 14.2. The summed E-state index contributed by atoms with van der Waals surface area (Å²) in [4.78, 5) is 12.3. The van der Waals surface area contributed by atoms with Gasteiger partial charge in [-0.15, -0.1) is 0 Å². The molecule has 0 unspecified atom stereocenters. The van der Waals surface area contributed by atoms with Gasteiger partial charge in [-0.2, -0.15) is 0 Å². The van der Waals surface area contributed by atoms with Crippen LogP contribution in [0.2, 0.25) is 0 Å². The van der Waals surface area contributed by atoms with E-state index in [0.29, 0.717) is 23.3 Å². The van der Waals surface area contributed by atoms with E-state index in [-0.39, 0.29) is 23.6 Å². The normalized spacial score (nSPS) is 14.1. The summed E-state index contributed by atoms with van der Waals surface area (Å²) in [5.74, 6) is 5.26. The Morgan fingerprint density at radius 3 is 2.50 bits per heavy atom. The van der Waals surface area contributed by atoms with Gasteiger partial charge in [-0.1, -0.05) is 50.5 Å². The zero-order valence-corrected chi connectivity index (χ0v) is 17.5. The highest BCUT2D eigenvalue weighted by molar-refractivity contribution is 6.17. The molecule has 4 heteroatoms. The van der Waals surface area contributed by atoms with Crippen LogP contribution < -0.4 is 0 Å². The molecule has 2 aromatic rings. The van der Waals surface area contributed by atoms with Gasteiger partial charge in [0.25, 0.3) is 0 Å². The number of hydrogen-bond donors (Lipinski definition) is 1. The van der Waals surface area contributed by atoms with Crippen molar-refractivity contribution in [1.82, 2.24) is 0 Å². The van der Waals surface area contributed by atoms with Gasteiger partial charge in [0.1, 0.15) is 5.82 Å². The lowest BCUT2D eigenvalue weighted by Gasteiger charge is -2.31. The van der Waals surface area contributed by atoms with Gasteiger partial charge in [0.15, 0.2) is 0 Å². The summed E-state index contributed by atoms with van der Waals surface area (Å²) in [5.41, 5.74) is 4.08. The fourth-order valence-corrected chi connectivity index (χ4v) is 3.53. The predicted molar refractivity (Wildman–Crippen MR) is 117 cm³/mol. The maximum Gasteiger partial charge on any atom is 0.338 e. The smallest absolute Gasteiger partial charge is 0.338 e. The van der Waals surface area contributed by atoms with Crippen LogP contribution in [0.15, 0.2) is 54.8 Å². The van der Waals surface area contributed by atoms with Crippen molar-refractivity contribution in [3.8, 4) is 11.8 Å². The van der Waals surface area contributed by atoms with Crippen molar-refractivity contribution in [3.63, 3.8) is 0 Å². The molecule has 0 aliphatic heterocycles. The number of carbonyl (C=O) groups excluding carboxylic acids is 1. The van der Waals surface area contributed by atoms with Crippen LogP contribution in [0.1, 0.15) is 55.0 Å². The standard InChI is InChI=1S/C26H25FO3/c1-5-30-25(29)22-12-13-26(3,4)23-15-18(9-11-21(22)23)6-7-19-8-10-20(14-17(2)28)24(27)16-19/h8-12,15-16,28H,2,5,13-14H2,1,3-4H3. The molecule has 0 saturated heterocycles. The van der Waals surface area contributed by atoms with E-state index in [1.54, 1.807) is 19.1 Å². The predicted octanol–water partition coefficient (Wildman–Crippen LogP) is 5.47. The van der Waals surface area contributed by atoms with Crippen LogP contribution in [0, 0.1) is 17.7 Å². The van der Waals surface area contributed by atoms with Crippen LogP contribution in [0.4, 0.5) is 4.39 Å². The minimum atomic E-state index is -0.423. The highest BCUT2D eigenvalue weighted by atomic mass is 19.1.